The van der Waals surface area contributed by atoms with Gasteiger partial charge in [-0.15, -0.1) is 10.2 Å². The van der Waals surface area contributed by atoms with E-state index in [2.05, 4.69) is 26.9 Å². The van der Waals surface area contributed by atoms with Gasteiger partial charge in [0.05, 0.1) is 11.2 Å². The first kappa shape index (κ1) is 21.4. The molecule has 1 aromatic carbocycles. The number of aromatic nitrogens is 3. The summed E-state index contributed by atoms with van der Waals surface area (Å²) in [6.45, 7) is 7.31. The number of carbonyl (C=O) groups is 1. The second kappa shape index (κ2) is 7.45. The molecule has 0 radical (unpaired) electrons. The summed E-state index contributed by atoms with van der Waals surface area (Å²) in [6, 6.07) is 12.1. The number of hydrogen-bond donors (Lipinski definition) is 1. The first-order valence-electron chi connectivity index (χ1n) is 12.4. The van der Waals surface area contributed by atoms with Crippen LogP contribution in [-0.4, -0.2) is 49.6 Å². The van der Waals surface area contributed by atoms with Gasteiger partial charge in [0.15, 0.2) is 0 Å². The van der Waals surface area contributed by atoms with E-state index in [0.717, 1.165) is 37.0 Å². The van der Waals surface area contributed by atoms with Crippen molar-refractivity contribution in [3.63, 3.8) is 0 Å². The fourth-order valence-corrected chi connectivity index (χ4v) is 5.90. The Morgan fingerprint density at radius 3 is 2.50 bits per heavy atom. The topological polar surface area (TPSA) is 80.5 Å². The molecule has 2 aromatic heterocycles. The third-order valence-electron chi connectivity index (χ3n) is 7.72. The van der Waals surface area contributed by atoms with Crippen LogP contribution >= 0.6 is 0 Å². The van der Waals surface area contributed by atoms with Crippen molar-refractivity contribution in [3.8, 4) is 17.0 Å². The molecule has 0 unspecified atom stereocenters. The normalized spacial score (nSPS) is 20.1. The molecule has 34 heavy (non-hydrogen) atoms. The summed E-state index contributed by atoms with van der Waals surface area (Å²) >= 11 is 0. The van der Waals surface area contributed by atoms with Crippen LogP contribution in [0, 0.1) is 5.41 Å². The van der Waals surface area contributed by atoms with Crippen molar-refractivity contribution >= 4 is 17.1 Å². The van der Waals surface area contributed by atoms with E-state index in [0.29, 0.717) is 23.2 Å². The maximum Gasteiger partial charge on any atom is 0.410 e. The summed E-state index contributed by atoms with van der Waals surface area (Å²) in [7, 11) is 0. The molecule has 2 saturated carbocycles. The van der Waals surface area contributed by atoms with Gasteiger partial charge < -0.3 is 19.3 Å². The first-order chi connectivity index (χ1) is 16.2. The van der Waals surface area contributed by atoms with Crippen LogP contribution in [0.3, 0.4) is 0 Å². The molecule has 1 N–H and O–H groups in total. The molecule has 1 spiro atoms. The molecule has 7 heteroatoms. The molecule has 3 fully saturated rings. The van der Waals surface area contributed by atoms with Crippen LogP contribution in [0.25, 0.3) is 22.3 Å². The number of amides is 1. The summed E-state index contributed by atoms with van der Waals surface area (Å²) in [4.78, 5) is 14.2. The quantitative estimate of drug-likeness (QED) is 0.547. The number of phenols is 1. The Balaban J connectivity index is 1.25. The van der Waals surface area contributed by atoms with Crippen LogP contribution < -0.4 is 0 Å². The van der Waals surface area contributed by atoms with Gasteiger partial charge in [0, 0.05) is 41.7 Å². The lowest BCUT2D eigenvalue weighted by Gasteiger charge is -2.59. The number of fused-ring (bicyclic) bond motifs is 1. The minimum absolute atomic E-state index is 0.197. The second-order valence-electron chi connectivity index (χ2n) is 11.5. The highest BCUT2D eigenvalue weighted by molar-refractivity contribution is 5.82. The van der Waals surface area contributed by atoms with Crippen LogP contribution in [0.4, 0.5) is 4.79 Å². The zero-order valence-corrected chi connectivity index (χ0v) is 20.1. The van der Waals surface area contributed by atoms with Gasteiger partial charge in [0.1, 0.15) is 16.9 Å². The van der Waals surface area contributed by atoms with Gasteiger partial charge in [-0.2, -0.15) is 0 Å². The molecule has 1 aliphatic heterocycles. The Morgan fingerprint density at radius 2 is 1.85 bits per heavy atom. The number of para-hydroxylation sites is 1. The summed E-state index contributed by atoms with van der Waals surface area (Å²) in [6.07, 6.45) is 5.63. The van der Waals surface area contributed by atoms with E-state index < -0.39 is 5.60 Å². The maximum absolute atomic E-state index is 12.4. The van der Waals surface area contributed by atoms with Crippen LogP contribution in [-0.2, 0) is 4.74 Å². The number of aromatic hydroxyl groups is 1. The zero-order chi connectivity index (χ0) is 23.7. The molecular formula is C27H32N4O3. The molecule has 3 heterocycles. The number of likely N-dealkylation sites (tertiary alicyclic amines) is 1. The Morgan fingerprint density at radius 1 is 1.12 bits per heavy atom. The minimum Gasteiger partial charge on any atom is -0.507 e. The highest BCUT2D eigenvalue weighted by Gasteiger charge is 2.55. The predicted molar refractivity (Wildman–Crippen MR) is 130 cm³/mol. The summed E-state index contributed by atoms with van der Waals surface area (Å²) in [5.41, 5.74) is 4.57. The van der Waals surface area contributed by atoms with Crippen molar-refractivity contribution < 1.29 is 14.6 Å². The SMILES string of the molecule is CC(C)(C)OC(=O)N1CC2(CC(c3cc4nnc(-c5ccccc5O)cc4n3C3CCC3)C2)C1. The van der Waals surface area contributed by atoms with Gasteiger partial charge in [-0.3, -0.25) is 0 Å². The van der Waals surface area contributed by atoms with E-state index in [-0.39, 0.29) is 17.3 Å². The van der Waals surface area contributed by atoms with Crippen molar-refractivity contribution in [3.05, 3.63) is 42.1 Å². The lowest BCUT2D eigenvalue weighted by molar-refractivity contribution is -0.0797. The third kappa shape index (κ3) is 3.53. The highest BCUT2D eigenvalue weighted by atomic mass is 16.6. The molecule has 1 amide bonds. The zero-order valence-electron chi connectivity index (χ0n) is 20.1. The van der Waals surface area contributed by atoms with Crippen LogP contribution in [0.5, 0.6) is 5.75 Å². The van der Waals surface area contributed by atoms with E-state index in [1.807, 2.05) is 43.9 Å². The summed E-state index contributed by atoms with van der Waals surface area (Å²) in [5, 5.41) is 19.3. The lowest BCUT2D eigenvalue weighted by atomic mass is 9.57. The number of benzene rings is 1. The molecular weight excluding hydrogens is 428 g/mol. The second-order valence-corrected chi connectivity index (χ2v) is 11.5. The number of ether oxygens (including phenoxy) is 1. The fraction of sp³-hybridized carbons (Fsp3) is 0.519. The van der Waals surface area contributed by atoms with E-state index >= 15 is 0 Å². The van der Waals surface area contributed by atoms with Gasteiger partial charge in [0.2, 0.25) is 0 Å². The first-order valence-corrected chi connectivity index (χ1v) is 12.4. The van der Waals surface area contributed by atoms with Gasteiger partial charge >= 0.3 is 6.09 Å². The number of nitrogens with zero attached hydrogens (tertiary/aromatic N) is 4. The van der Waals surface area contributed by atoms with Crippen LogP contribution in [0.15, 0.2) is 36.4 Å². The van der Waals surface area contributed by atoms with E-state index in [1.54, 1.807) is 6.07 Å². The molecule has 178 valence electrons. The number of rotatable bonds is 3. The average molecular weight is 461 g/mol. The van der Waals surface area contributed by atoms with Crippen molar-refractivity contribution in [1.82, 2.24) is 19.7 Å². The molecule has 2 aliphatic carbocycles. The molecule has 0 atom stereocenters. The standard InChI is InChI=1S/C27H32N4O3/c1-26(2,3)34-25(33)30-15-27(16-30)13-17(14-27)22-12-21-23(31(22)18-7-6-8-18)11-20(28-29-21)19-9-4-5-10-24(19)32/h4-5,9-12,17-18,32H,6-8,13-16H2,1-3H3. The largest absolute Gasteiger partial charge is 0.507 e. The smallest absolute Gasteiger partial charge is 0.410 e. The van der Waals surface area contributed by atoms with Crippen molar-refractivity contribution in [2.75, 3.05) is 13.1 Å². The molecule has 7 nitrogen and oxygen atoms in total. The Labute approximate surface area is 199 Å². The molecule has 3 aromatic rings. The van der Waals surface area contributed by atoms with E-state index in [4.69, 9.17) is 4.74 Å². The van der Waals surface area contributed by atoms with E-state index in [9.17, 15) is 9.90 Å². The van der Waals surface area contributed by atoms with Crippen molar-refractivity contribution in [2.45, 2.75) is 70.4 Å². The minimum atomic E-state index is -0.456. The fourth-order valence-electron chi connectivity index (χ4n) is 5.90. The molecule has 3 aliphatic rings. The van der Waals surface area contributed by atoms with Gasteiger partial charge in [0.25, 0.3) is 0 Å². The highest BCUT2D eigenvalue weighted by Crippen LogP contribution is 2.57. The molecule has 6 rings (SSSR count). The monoisotopic (exact) mass is 460 g/mol. The molecule has 0 bridgehead atoms. The Bertz CT molecular complexity index is 1260. The summed E-state index contributed by atoms with van der Waals surface area (Å²) in [5.74, 6) is 0.697. The predicted octanol–water partition coefficient (Wildman–Crippen LogP) is 5.64. The van der Waals surface area contributed by atoms with Crippen molar-refractivity contribution in [1.29, 1.82) is 0 Å². The average Bonchev–Trinajstić information content (AvgIpc) is 3.02. The van der Waals surface area contributed by atoms with Crippen LogP contribution in [0.1, 0.15) is 70.5 Å². The van der Waals surface area contributed by atoms with Gasteiger partial charge in [-0.1, -0.05) is 12.1 Å². The summed E-state index contributed by atoms with van der Waals surface area (Å²) < 4.78 is 8.03. The third-order valence-corrected chi connectivity index (χ3v) is 7.72. The number of phenolic OH excluding ortho intramolecular Hbond substituents is 1. The molecule has 1 saturated heterocycles. The number of hydrogen-bond acceptors (Lipinski definition) is 5. The van der Waals surface area contributed by atoms with Gasteiger partial charge in [-0.25, -0.2) is 4.79 Å². The lowest BCUT2D eigenvalue weighted by Crippen LogP contribution is -2.63. The van der Waals surface area contributed by atoms with E-state index in [1.165, 1.54) is 25.0 Å². The van der Waals surface area contributed by atoms with Crippen LogP contribution in [0.2, 0.25) is 0 Å². The number of carbonyl (C=O) groups excluding carboxylic acids is 1. The Hall–Kier alpha value is -3.09. The maximum atomic E-state index is 12.4. The van der Waals surface area contributed by atoms with Crippen molar-refractivity contribution in [2.24, 2.45) is 5.41 Å². The van der Waals surface area contributed by atoms with Gasteiger partial charge in [-0.05, 0) is 77.1 Å². The Kier molecular flexibility index (Phi) is 4.70.